The number of carbonyl (C=O) groups excluding carboxylic acids is 1. The number of nitrogens with zero attached hydrogens (tertiary/aromatic N) is 2. The Labute approximate surface area is 105 Å². The molecule has 1 atom stereocenters. The number of carboxylic acids is 1. The van der Waals surface area contributed by atoms with Crippen molar-refractivity contribution in [1.29, 1.82) is 0 Å². The Kier molecular flexibility index (Phi) is 3.36. The van der Waals surface area contributed by atoms with E-state index in [1.165, 1.54) is 6.33 Å². The molecule has 0 saturated carbocycles. The van der Waals surface area contributed by atoms with Crippen LogP contribution in [0.3, 0.4) is 0 Å². The zero-order valence-corrected chi connectivity index (χ0v) is 10.5. The van der Waals surface area contributed by atoms with Gasteiger partial charge in [0, 0.05) is 12.6 Å². The summed E-state index contributed by atoms with van der Waals surface area (Å²) in [5, 5.41) is 8.98. The Morgan fingerprint density at radius 1 is 1.56 bits per heavy atom. The minimum absolute atomic E-state index is 0.00931. The van der Waals surface area contributed by atoms with Gasteiger partial charge in [-0.1, -0.05) is 13.8 Å². The van der Waals surface area contributed by atoms with Gasteiger partial charge in [0.2, 0.25) is 0 Å². The molecule has 1 saturated heterocycles. The summed E-state index contributed by atoms with van der Waals surface area (Å²) >= 11 is 0. The zero-order chi connectivity index (χ0) is 13.3. The Bertz CT molecular complexity index is 467. The molecule has 0 aliphatic carbocycles. The number of amides is 1. The van der Waals surface area contributed by atoms with Gasteiger partial charge in [0.05, 0.1) is 6.33 Å². The van der Waals surface area contributed by atoms with Crippen LogP contribution < -0.4 is 0 Å². The molecule has 0 spiro atoms. The van der Waals surface area contributed by atoms with E-state index in [-0.39, 0.29) is 23.3 Å². The molecule has 2 heterocycles. The molecule has 0 radical (unpaired) electrons. The lowest BCUT2D eigenvalue weighted by atomic mass is 10.0. The smallest absolute Gasteiger partial charge is 0.354 e. The van der Waals surface area contributed by atoms with Crippen molar-refractivity contribution in [2.75, 3.05) is 6.54 Å². The number of carbonyl (C=O) groups is 2. The van der Waals surface area contributed by atoms with Crippen molar-refractivity contribution in [3.63, 3.8) is 0 Å². The molecule has 1 fully saturated rings. The summed E-state index contributed by atoms with van der Waals surface area (Å²) in [5.74, 6) is -1.08. The fourth-order valence-electron chi connectivity index (χ4n) is 2.49. The van der Waals surface area contributed by atoms with Gasteiger partial charge in [-0.3, -0.25) is 4.79 Å². The summed E-state index contributed by atoms with van der Waals surface area (Å²) in [4.78, 5) is 31.4. The fourth-order valence-corrected chi connectivity index (χ4v) is 2.49. The van der Waals surface area contributed by atoms with Gasteiger partial charge in [-0.05, 0) is 18.8 Å². The molecule has 1 unspecified atom stereocenters. The molecule has 0 aromatic carbocycles. The number of imidazole rings is 1. The van der Waals surface area contributed by atoms with Crippen molar-refractivity contribution in [3.05, 3.63) is 17.7 Å². The van der Waals surface area contributed by atoms with Crippen LogP contribution in [0.5, 0.6) is 0 Å². The molecule has 6 nitrogen and oxygen atoms in total. The highest BCUT2D eigenvalue weighted by molar-refractivity contribution is 6.02. The van der Waals surface area contributed by atoms with E-state index in [2.05, 4.69) is 23.8 Å². The van der Waals surface area contributed by atoms with E-state index >= 15 is 0 Å². The van der Waals surface area contributed by atoms with Crippen molar-refractivity contribution < 1.29 is 14.7 Å². The third-order valence-electron chi connectivity index (χ3n) is 3.39. The number of aromatic nitrogens is 2. The van der Waals surface area contributed by atoms with Gasteiger partial charge in [0.25, 0.3) is 5.91 Å². The van der Waals surface area contributed by atoms with Gasteiger partial charge in [-0.25, -0.2) is 9.78 Å². The predicted molar refractivity (Wildman–Crippen MR) is 64.4 cm³/mol. The van der Waals surface area contributed by atoms with E-state index in [9.17, 15) is 9.59 Å². The van der Waals surface area contributed by atoms with E-state index in [0.29, 0.717) is 12.5 Å². The summed E-state index contributed by atoms with van der Waals surface area (Å²) in [6.07, 6.45) is 3.18. The van der Waals surface area contributed by atoms with Crippen molar-refractivity contribution in [2.24, 2.45) is 5.92 Å². The number of likely N-dealkylation sites (tertiary alicyclic amines) is 1. The Morgan fingerprint density at radius 2 is 2.28 bits per heavy atom. The average molecular weight is 251 g/mol. The Hall–Kier alpha value is -1.85. The first-order valence-electron chi connectivity index (χ1n) is 6.10. The van der Waals surface area contributed by atoms with Crippen LogP contribution in [0.15, 0.2) is 6.33 Å². The van der Waals surface area contributed by atoms with Crippen molar-refractivity contribution >= 4 is 11.9 Å². The minimum Gasteiger partial charge on any atom is -0.477 e. The van der Waals surface area contributed by atoms with E-state index in [1.807, 2.05) is 0 Å². The lowest BCUT2D eigenvalue weighted by Crippen LogP contribution is -2.39. The van der Waals surface area contributed by atoms with E-state index in [4.69, 9.17) is 5.11 Å². The number of aromatic carboxylic acids is 1. The van der Waals surface area contributed by atoms with Crippen LogP contribution >= 0.6 is 0 Å². The second kappa shape index (κ2) is 4.80. The fraction of sp³-hybridized carbons (Fsp3) is 0.583. The molecule has 1 aliphatic heterocycles. The predicted octanol–water partition coefficient (Wildman–Crippen LogP) is 1.37. The highest BCUT2D eigenvalue weighted by Crippen LogP contribution is 2.25. The second-order valence-electron chi connectivity index (χ2n) is 4.88. The molecule has 1 amide bonds. The molecular weight excluding hydrogens is 234 g/mol. The maximum absolute atomic E-state index is 12.3. The SMILES string of the molecule is CC(C)C1CCCN1C(=O)c1nc[nH]c1C(=O)O. The van der Waals surface area contributed by atoms with Crippen LogP contribution in [-0.2, 0) is 0 Å². The van der Waals surface area contributed by atoms with Crippen LogP contribution in [0.25, 0.3) is 0 Å². The monoisotopic (exact) mass is 251 g/mol. The number of hydrogen-bond donors (Lipinski definition) is 2. The van der Waals surface area contributed by atoms with Crippen LogP contribution in [0.1, 0.15) is 47.7 Å². The number of carboxylic acid groups (broad SMARTS) is 1. The minimum atomic E-state index is -1.16. The van der Waals surface area contributed by atoms with Gasteiger partial charge in [-0.2, -0.15) is 0 Å². The molecule has 1 aliphatic rings. The number of aromatic amines is 1. The van der Waals surface area contributed by atoms with E-state index in [0.717, 1.165) is 12.8 Å². The summed E-state index contributed by atoms with van der Waals surface area (Å²) in [6.45, 7) is 4.81. The zero-order valence-electron chi connectivity index (χ0n) is 10.5. The first-order chi connectivity index (χ1) is 8.52. The molecule has 1 aromatic heterocycles. The highest BCUT2D eigenvalue weighted by Gasteiger charge is 2.34. The Morgan fingerprint density at radius 3 is 2.89 bits per heavy atom. The standard InChI is InChI=1S/C12H17N3O3/c1-7(2)8-4-3-5-15(8)11(16)9-10(12(17)18)14-6-13-9/h6-8H,3-5H2,1-2H3,(H,13,14)(H,17,18). The van der Waals surface area contributed by atoms with Gasteiger partial charge < -0.3 is 15.0 Å². The van der Waals surface area contributed by atoms with Gasteiger partial charge in [-0.15, -0.1) is 0 Å². The van der Waals surface area contributed by atoms with E-state index < -0.39 is 5.97 Å². The van der Waals surface area contributed by atoms with Crippen molar-refractivity contribution in [3.8, 4) is 0 Å². The third-order valence-corrected chi connectivity index (χ3v) is 3.39. The highest BCUT2D eigenvalue weighted by atomic mass is 16.4. The maximum atomic E-state index is 12.3. The second-order valence-corrected chi connectivity index (χ2v) is 4.88. The molecular formula is C12H17N3O3. The Balaban J connectivity index is 2.25. The summed E-state index contributed by atoms with van der Waals surface area (Å²) in [5.41, 5.74) is -0.121. The van der Waals surface area contributed by atoms with Crippen LogP contribution in [-0.4, -0.2) is 44.4 Å². The quantitative estimate of drug-likeness (QED) is 0.849. The number of hydrogen-bond acceptors (Lipinski definition) is 3. The van der Waals surface area contributed by atoms with Crippen LogP contribution in [0.2, 0.25) is 0 Å². The first kappa shape index (κ1) is 12.6. The largest absolute Gasteiger partial charge is 0.477 e. The molecule has 1 aromatic rings. The average Bonchev–Trinajstić information content (AvgIpc) is 2.97. The van der Waals surface area contributed by atoms with Crippen LogP contribution in [0, 0.1) is 5.92 Å². The lowest BCUT2D eigenvalue weighted by molar-refractivity contribution is 0.0650. The number of H-pyrrole nitrogens is 1. The van der Waals surface area contributed by atoms with Gasteiger partial charge in [0.15, 0.2) is 11.4 Å². The molecule has 18 heavy (non-hydrogen) atoms. The number of rotatable bonds is 3. The third kappa shape index (κ3) is 2.10. The maximum Gasteiger partial charge on any atom is 0.354 e. The van der Waals surface area contributed by atoms with Gasteiger partial charge >= 0.3 is 5.97 Å². The summed E-state index contributed by atoms with van der Waals surface area (Å²) < 4.78 is 0. The van der Waals surface area contributed by atoms with Crippen molar-refractivity contribution in [1.82, 2.24) is 14.9 Å². The normalized spacial score (nSPS) is 19.5. The molecule has 2 rings (SSSR count). The molecule has 2 N–H and O–H groups in total. The summed E-state index contributed by atoms with van der Waals surface area (Å²) in [6, 6.07) is 0.177. The summed E-state index contributed by atoms with van der Waals surface area (Å²) in [7, 11) is 0. The van der Waals surface area contributed by atoms with Crippen molar-refractivity contribution in [2.45, 2.75) is 32.7 Å². The first-order valence-corrected chi connectivity index (χ1v) is 6.10. The topological polar surface area (TPSA) is 86.3 Å². The van der Waals surface area contributed by atoms with Gasteiger partial charge in [0.1, 0.15) is 0 Å². The molecule has 98 valence electrons. The number of nitrogens with one attached hydrogen (secondary N) is 1. The van der Waals surface area contributed by atoms with E-state index in [1.54, 1.807) is 4.90 Å². The lowest BCUT2D eigenvalue weighted by Gasteiger charge is -2.27. The molecule has 0 bridgehead atoms. The molecule has 6 heteroatoms. The van der Waals surface area contributed by atoms with Crippen LogP contribution in [0.4, 0.5) is 0 Å².